The van der Waals surface area contributed by atoms with Crippen LogP contribution in [-0.4, -0.2) is 57.7 Å². The van der Waals surface area contributed by atoms with Crippen molar-refractivity contribution in [2.75, 3.05) is 26.2 Å². The minimum atomic E-state index is 0.121. The fourth-order valence-electron chi connectivity index (χ4n) is 2.86. The highest BCUT2D eigenvalue weighted by Gasteiger charge is 2.34. The Morgan fingerprint density at radius 1 is 1.33 bits per heavy atom. The Morgan fingerprint density at radius 3 is 2.95 bits per heavy atom. The molecule has 0 N–H and O–H groups in total. The number of aryl methyl sites for hydroxylation is 1. The summed E-state index contributed by atoms with van der Waals surface area (Å²) in [5.74, 6) is 0. The van der Waals surface area contributed by atoms with Gasteiger partial charge >= 0.3 is 6.03 Å². The lowest BCUT2D eigenvalue weighted by Gasteiger charge is -2.18. The third kappa shape index (κ3) is 2.35. The molecule has 1 aromatic carbocycles. The second-order valence-electron chi connectivity index (χ2n) is 5.78. The molecule has 6 heteroatoms. The number of carbonyl (C=O) groups excluding carboxylic acids is 1. The van der Waals surface area contributed by atoms with E-state index in [4.69, 9.17) is 4.74 Å². The highest BCUT2D eigenvalue weighted by Crippen LogP contribution is 2.20. The molecule has 2 aromatic rings. The predicted molar refractivity (Wildman–Crippen MR) is 77.8 cm³/mol. The highest BCUT2D eigenvalue weighted by atomic mass is 16.6. The van der Waals surface area contributed by atoms with Crippen molar-refractivity contribution in [3.63, 3.8) is 0 Å². The van der Waals surface area contributed by atoms with Crippen molar-refractivity contribution in [3.8, 4) is 0 Å². The molecule has 0 aliphatic carbocycles. The maximum absolute atomic E-state index is 12.3. The first-order valence-corrected chi connectivity index (χ1v) is 7.26. The van der Waals surface area contributed by atoms with Gasteiger partial charge in [0.1, 0.15) is 0 Å². The summed E-state index contributed by atoms with van der Waals surface area (Å²) in [5.41, 5.74) is 3.23. The smallest absolute Gasteiger partial charge is 0.320 e. The van der Waals surface area contributed by atoms with Gasteiger partial charge in [0.25, 0.3) is 0 Å². The monoisotopic (exact) mass is 286 g/mol. The first-order valence-electron chi connectivity index (χ1n) is 7.26. The number of aromatic nitrogens is 2. The van der Waals surface area contributed by atoms with Crippen LogP contribution in [0.1, 0.15) is 5.56 Å². The average Bonchev–Trinajstić information content (AvgIpc) is 3.15. The maximum atomic E-state index is 12.3. The minimum Gasteiger partial charge on any atom is -0.371 e. The van der Waals surface area contributed by atoms with Gasteiger partial charge in [-0.15, -0.1) is 0 Å². The molecular formula is C15H18N4O2. The molecule has 110 valence electrons. The number of ether oxygens (including phenoxy) is 1. The van der Waals surface area contributed by atoms with Gasteiger partial charge in [-0.05, 0) is 17.7 Å². The van der Waals surface area contributed by atoms with Gasteiger partial charge in [0.15, 0.2) is 0 Å². The van der Waals surface area contributed by atoms with Crippen LogP contribution in [0, 0.1) is 0 Å². The second-order valence-corrected chi connectivity index (χ2v) is 5.78. The van der Waals surface area contributed by atoms with E-state index in [1.54, 1.807) is 0 Å². The third-order valence-corrected chi connectivity index (χ3v) is 4.17. The third-order valence-electron chi connectivity index (χ3n) is 4.17. The van der Waals surface area contributed by atoms with Crippen LogP contribution < -0.4 is 0 Å². The molecule has 6 nitrogen and oxygen atoms in total. The Bertz CT molecular complexity index is 692. The van der Waals surface area contributed by atoms with Crippen molar-refractivity contribution in [1.29, 1.82) is 0 Å². The Balaban J connectivity index is 1.49. The first-order chi connectivity index (χ1) is 10.2. The Hall–Kier alpha value is -2.08. The fourth-order valence-corrected chi connectivity index (χ4v) is 2.86. The summed E-state index contributed by atoms with van der Waals surface area (Å²) >= 11 is 0. The van der Waals surface area contributed by atoms with Crippen LogP contribution >= 0.6 is 0 Å². The normalized spacial score (nSPS) is 21.6. The zero-order valence-corrected chi connectivity index (χ0v) is 12.0. The second kappa shape index (κ2) is 4.73. The molecule has 1 atom stereocenters. The molecule has 0 bridgehead atoms. The van der Waals surface area contributed by atoms with Crippen LogP contribution in [0.4, 0.5) is 4.79 Å². The van der Waals surface area contributed by atoms with E-state index >= 15 is 0 Å². The molecule has 0 radical (unpaired) electrons. The maximum Gasteiger partial charge on any atom is 0.320 e. The van der Waals surface area contributed by atoms with Crippen LogP contribution in [0.3, 0.4) is 0 Å². The molecule has 2 fully saturated rings. The summed E-state index contributed by atoms with van der Waals surface area (Å²) in [5, 5.41) is 0. The van der Waals surface area contributed by atoms with Crippen molar-refractivity contribution in [1.82, 2.24) is 19.4 Å². The Morgan fingerprint density at radius 2 is 2.14 bits per heavy atom. The van der Waals surface area contributed by atoms with E-state index in [0.717, 1.165) is 42.8 Å². The number of epoxide rings is 1. The molecule has 3 heterocycles. The molecule has 4 rings (SSSR count). The van der Waals surface area contributed by atoms with Gasteiger partial charge in [0, 0.05) is 26.7 Å². The number of nitrogens with zero attached hydrogens (tertiary/aromatic N) is 4. The van der Waals surface area contributed by atoms with Crippen LogP contribution in [0.5, 0.6) is 0 Å². The van der Waals surface area contributed by atoms with Gasteiger partial charge in [0.2, 0.25) is 0 Å². The van der Waals surface area contributed by atoms with E-state index in [1.165, 1.54) is 0 Å². The molecule has 2 aliphatic heterocycles. The van der Waals surface area contributed by atoms with Crippen molar-refractivity contribution in [3.05, 3.63) is 30.1 Å². The van der Waals surface area contributed by atoms with Crippen LogP contribution in [0.25, 0.3) is 11.0 Å². The van der Waals surface area contributed by atoms with E-state index in [1.807, 2.05) is 33.8 Å². The Labute approximate surface area is 122 Å². The minimum absolute atomic E-state index is 0.121. The van der Waals surface area contributed by atoms with E-state index in [0.29, 0.717) is 6.54 Å². The summed E-state index contributed by atoms with van der Waals surface area (Å²) in [4.78, 5) is 20.4. The molecule has 1 unspecified atom stereocenters. The summed E-state index contributed by atoms with van der Waals surface area (Å²) < 4.78 is 7.20. The van der Waals surface area contributed by atoms with Gasteiger partial charge in [-0.1, -0.05) is 6.07 Å². The van der Waals surface area contributed by atoms with Crippen LogP contribution in [0.2, 0.25) is 0 Å². The zero-order chi connectivity index (χ0) is 14.4. The molecule has 2 saturated heterocycles. The standard InChI is InChI=1S/C15H18N4O2/c1-17-10-16-13-3-2-11(6-14(13)17)7-18-4-5-19(15(18)20)8-12-9-21-12/h2-3,6,10,12H,4-5,7-9H2,1H3. The lowest BCUT2D eigenvalue weighted by atomic mass is 10.2. The van der Waals surface area contributed by atoms with E-state index in [2.05, 4.69) is 17.1 Å². The van der Waals surface area contributed by atoms with Gasteiger partial charge in [0.05, 0.1) is 36.6 Å². The average molecular weight is 286 g/mol. The Kier molecular flexibility index (Phi) is 2.85. The molecule has 1 aromatic heterocycles. The molecule has 0 spiro atoms. The summed E-state index contributed by atoms with van der Waals surface area (Å²) in [6.45, 7) is 3.76. The summed E-state index contributed by atoms with van der Waals surface area (Å²) in [6.07, 6.45) is 2.08. The largest absolute Gasteiger partial charge is 0.371 e. The number of amides is 2. The number of hydrogen-bond acceptors (Lipinski definition) is 3. The number of imidazole rings is 1. The highest BCUT2D eigenvalue weighted by molar-refractivity contribution is 5.78. The van der Waals surface area contributed by atoms with E-state index in [9.17, 15) is 4.79 Å². The lowest BCUT2D eigenvalue weighted by Crippen LogP contribution is -2.33. The summed E-state index contributed by atoms with van der Waals surface area (Å²) in [6, 6.07) is 6.30. The number of carbonyl (C=O) groups is 1. The van der Waals surface area contributed by atoms with Gasteiger partial charge in [-0.3, -0.25) is 0 Å². The van der Waals surface area contributed by atoms with Crippen LogP contribution in [0.15, 0.2) is 24.5 Å². The molecule has 0 saturated carbocycles. The summed E-state index contributed by atoms with van der Waals surface area (Å²) in [7, 11) is 1.98. The number of fused-ring (bicyclic) bond motifs is 1. The zero-order valence-electron chi connectivity index (χ0n) is 12.0. The van der Waals surface area contributed by atoms with E-state index < -0.39 is 0 Å². The number of benzene rings is 1. The molecule has 2 amide bonds. The fraction of sp³-hybridized carbons (Fsp3) is 0.467. The lowest BCUT2D eigenvalue weighted by molar-refractivity contribution is 0.187. The van der Waals surface area contributed by atoms with Crippen LogP contribution in [-0.2, 0) is 18.3 Å². The predicted octanol–water partition coefficient (Wildman–Crippen LogP) is 1.21. The number of urea groups is 1. The van der Waals surface area contributed by atoms with Crippen molar-refractivity contribution >= 4 is 17.1 Å². The van der Waals surface area contributed by atoms with Crippen molar-refractivity contribution in [2.45, 2.75) is 12.6 Å². The molecule has 21 heavy (non-hydrogen) atoms. The first kappa shape index (κ1) is 12.6. The van der Waals surface area contributed by atoms with E-state index in [-0.39, 0.29) is 12.1 Å². The quantitative estimate of drug-likeness (QED) is 0.794. The topological polar surface area (TPSA) is 53.9 Å². The molecular weight excluding hydrogens is 268 g/mol. The van der Waals surface area contributed by atoms with Gasteiger partial charge in [-0.25, -0.2) is 9.78 Å². The van der Waals surface area contributed by atoms with Crippen molar-refractivity contribution < 1.29 is 9.53 Å². The van der Waals surface area contributed by atoms with Gasteiger partial charge in [-0.2, -0.15) is 0 Å². The number of rotatable bonds is 4. The SMILES string of the molecule is Cn1cnc2ccc(CN3CCN(CC4CO4)C3=O)cc21. The molecule has 2 aliphatic rings. The number of hydrogen-bond donors (Lipinski definition) is 0. The van der Waals surface area contributed by atoms with Crippen molar-refractivity contribution in [2.24, 2.45) is 7.05 Å². The van der Waals surface area contributed by atoms with Gasteiger partial charge < -0.3 is 19.1 Å².